The van der Waals surface area contributed by atoms with Crippen LogP contribution in [0.1, 0.15) is 61.0 Å². The molecule has 0 aliphatic rings. The number of aliphatic carboxylic acids is 1. The van der Waals surface area contributed by atoms with Crippen molar-refractivity contribution in [3.63, 3.8) is 0 Å². The van der Waals surface area contributed by atoms with Gasteiger partial charge in [-0.15, -0.1) is 0 Å². The lowest BCUT2D eigenvalue weighted by atomic mass is 9.88. The zero-order valence-corrected chi connectivity index (χ0v) is 15.4. The highest BCUT2D eigenvalue weighted by molar-refractivity contribution is 6.75. The van der Waals surface area contributed by atoms with Gasteiger partial charge in [-0.25, -0.2) is 9.59 Å². The van der Waals surface area contributed by atoms with Gasteiger partial charge in [-0.3, -0.25) is 0 Å². The fraction of sp³-hybridized carbons (Fsp3) is 0.467. The quantitative estimate of drug-likeness (QED) is 0.651. The third-order valence-electron chi connectivity index (χ3n) is 2.92. The molecule has 0 fully saturated rings. The van der Waals surface area contributed by atoms with Gasteiger partial charge in [-0.05, 0) is 23.5 Å². The number of halogens is 3. The fourth-order valence-electron chi connectivity index (χ4n) is 1.91. The highest BCUT2D eigenvalue weighted by atomic mass is 35.6. The highest BCUT2D eigenvalue weighted by Gasteiger charge is 2.29. The summed E-state index contributed by atoms with van der Waals surface area (Å²) in [5.74, 6) is -2.26. The van der Waals surface area contributed by atoms with Gasteiger partial charge in [0.15, 0.2) is 0 Å². The Morgan fingerprint density at radius 2 is 1.43 bits per heavy atom. The summed E-state index contributed by atoms with van der Waals surface area (Å²) in [6, 6.07) is 3.27. The standard InChI is InChI=1S/C13H18O3.C2HCl3O2/c1-7(2)9-5-6-10(13(15)16)12(14)11(9)8(3)4;3-2(4,5)1(6)7/h5-8,14H,1-4H3,(H,15,16);(H,6,7). The van der Waals surface area contributed by atoms with Crippen LogP contribution < -0.4 is 0 Å². The molecule has 1 aromatic carbocycles. The van der Waals surface area contributed by atoms with E-state index in [0.29, 0.717) is 0 Å². The van der Waals surface area contributed by atoms with Gasteiger partial charge in [0.05, 0.1) is 0 Å². The Bertz CT molecular complexity index is 577. The van der Waals surface area contributed by atoms with Crippen LogP contribution in [0.25, 0.3) is 0 Å². The first-order chi connectivity index (χ1) is 10.3. The first-order valence-electron chi connectivity index (χ1n) is 6.69. The molecule has 0 heterocycles. The molecular weight excluding hydrogens is 367 g/mol. The second-order valence-electron chi connectivity index (χ2n) is 5.38. The molecule has 5 nitrogen and oxygen atoms in total. The van der Waals surface area contributed by atoms with E-state index in [0.717, 1.165) is 11.1 Å². The van der Waals surface area contributed by atoms with Gasteiger partial charge in [0, 0.05) is 5.56 Å². The van der Waals surface area contributed by atoms with E-state index in [2.05, 4.69) is 0 Å². The van der Waals surface area contributed by atoms with Crippen molar-refractivity contribution in [2.45, 2.75) is 43.3 Å². The van der Waals surface area contributed by atoms with E-state index in [1.165, 1.54) is 6.07 Å². The average molecular weight is 386 g/mol. The number of carbonyl (C=O) groups is 2. The monoisotopic (exact) mass is 384 g/mol. The lowest BCUT2D eigenvalue weighted by molar-refractivity contribution is -0.135. The summed E-state index contributed by atoms with van der Waals surface area (Å²) in [5.41, 5.74) is 1.74. The molecule has 0 aromatic heterocycles. The number of hydrogen-bond donors (Lipinski definition) is 3. The Hall–Kier alpha value is -1.17. The van der Waals surface area contributed by atoms with Gasteiger partial charge in [0.2, 0.25) is 0 Å². The van der Waals surface area contributed by atoms with Crippen LogP contribution in [0.4, 0.5) is 0 Å². The summed E-state index contributed by atoms with van der Waals surface area (Å²) in [6.07, 6.45) is 0. The van der Waals surface area contributed by atoms with E-state index < -0.39 is 15.7 Å². The third kappa shape index (κ3) is 6.45. The number of alkyl halides is 3. The predicted octanol–water partition coefficient (Wildman–Crippen LogP) is 4.78. The first-order valence-corrected chi connectivity index (χ1v) is 7.83. The summed E-state index contributed by atoms with van der Waals surface area (Å²) >= 11 is 14.4. The summed E-state index contributed by atoms with van der Waals surface area (Å²) in [6.45, 7) is 7.96. The number of carboxylic acid groups (broad SMARTS) is 2. The maximum absolute atomic E-state index is 10.9. The first kappa shape index (κ1) is 21.8. The van der Waals surface area contributed by atoms with E-state index in [9.17, 15) is 14.7 Å². The average Bonchev–Trinajstić information content (AvgIpc) is 2.36. The molecule has 0 saturated heterocycles. The predicted molar refractivity (Wildman–Crippen MR) is 91.2 cm³/mol. The van der Waals surface area contributed by atoms with E-state index in [1.54, 1.807) is 6.07 Å². The van der Waals surface area contributed by atoms with Crippen molar-refractivity contribution in [1.29, 1.82) is 0 Å². The Morgan fingerprint density at radius 3 is 1.70 bits per heavy atom. The minimum Gasteiger partial charge on any atom is -0.507 e. The van der Waals surface area contributed by atoms with E-state index in [1.807, 2.05) is 27.7 Å². The van der Waals surface area contributed by atoms with Gasteiger partial charge < -0.3 is 15.3 Å². The molecule has 1 rings (SSSR count). The number of hydrogen-bond acceptors (Lipinski definition) is 3. The summed E-state index contributed by atoms with van der Waals surface area (Å²) in [7, 11) is 0. The molecule has 130 valence electrons. The number of aromatic carboxylic acids is 1. The zero-order valence-electron chi connectivity index (χ0n) is 13.1. The normalized spacial score (nSPS) is 11.2. The van der Waals surface area contributed by atoms with Crippen molar-refractivity contribution in [3.8, 4) is 5.75 Å². The summed E-state index contributed by atoms with van der Waals surface area (Å²) < 4.78 is -2.17. The largest absolute Gasteiger partial charge is 0.507 e. The molecule has 0 saturated carbocycles. The van der Waals surface area contributed by atoms with Gasteiger partial charge in [-0.2, -0.15) is 0 Å². The second kappa shape index (κ2) is 8.62. The van der Waals surface area contributed by atoms with E-state index in [-0.39, 0.29) is 23.1 Å². The van der Waals surface area contributed by atoms with Gasteiger partial charge in [-0.1, -0.05) is 68.6 Å². The Balaban J connectivity index is 0.000000585. The van der Waals surface area contributed by atoms with Crippen LogP contribution in [0.2, 0.25) is 0 Å². The van der Waals surface area contributed by atoms with E-state index in [4.69, 9.17) is 45.0 Å². The Kier molecular flexibility index (Phi) is 8.18. The number of rotatable bonds is 3. The topological polar surface area (TPSA) is 94.8 Å². The minimum absolute atomic E-state index is 0.0203. The Morgan fingerprint density at radius 1 is 1.00 bits per heavy atom. The molecule has 0 aliphatic carbocycles. The van der Waals surface area contributed by atoms with Crippen molar-refractivity contribution >= 4 is 46.7 Å². The van der Waals surface area contributed by atoms with E-state index >= 15 is 0 Å². The molecular formula is C15H19Cl3O5. The molecule has 0 spiro atoms. The van der Waals surface area contributed by atoms with Crippen molar-refractivity contribution in [2.24, 2.45) is 0 Å². The maximum atomic E-state index is 10.9. The molecule has 0 atom stereocenters. The lowest BCUT2D eigenvalue weighted by Crippen LogP contribution is -2.16. The van der Waals surface area contributed by atoms with Crippen LogP contribution in [0.15, 0.2) is 12.1 Å². The highest BCUT2D eigenvalue weighted by Crippen LogP contribution is 2.35. The van der Waals surface area contributed by atoms with Crippen LogP contribution >= 0.6 is 34.8 Å². The molecule has 0 bridgehead atoms. The number of phenols is 1. The number of benzene rings is 1. The number of carboxylic acids is 2. The van der Waals surface area contributed by atoms with Crippen LogP contribution in [0.3, 0.4) is 0 Å². The van der Waals surface area contributed by atoms with Crippen molar-refractivity contribution in [2.75, 3.05) is 0 Å². The lowest BCUT2D eigenvalue weighted by Gasteiger charge is -2.18. The minimum atomic E-state index is -2.17. The second-order valence-corrected chi connectivity index (χ2v) is 7.66. The van der Waals surface area contributed by atoms with Crippen LogP contribution in [-0.2, 0) is 4.79 Å². The summed E-state index contributed by atoms with van der Waals surface area (Å²) in [4.78, 5) is 20.5. The van der Waals surface area contributed by atoms with Gasteiger partial charge in [0.25, 0.3) is 3.79 Å². The molecule has 0 unspecified atom stereocenters. The third-order valence-corrected chi connectivity index (χ3v) is 3.41. The number of aromatic hydroxyl groups is 1. The fourth-order valence-corrected chi connectivity index (χ4v) is 1.91. The van der Waals surface area contributed by atoms with Crippen LogP contribution in [-0.4, -0.2) is 31.1 Å². The molecule has 0 amide bonds. The van der Waals surface area contributed by atoms with Crippen molar-refractivity contribution < 1.29 is 24.9 Å². The Labute approximate surface area is 149 Å². The van der Waals surface area contributed by atoms with Crippen molar-refractivity contribution in [3.05, 3.63) is 28.8 Å². The molecule has 3 N–H and O–H groups in total. The molecule has 23 heavy (non-hydrogen) atoms. The molecule has 0 radical (unpaired) electrons. The molecule has 8 heteroatoms. The van der Waals surface area contributed by atoms with Crippen LogP contribution in [0, 0.1) is 0 Å². The smallest absolute Gasteiger partial charge is 0.356 e. The molecule has 1 aromatic rings. The SMILES string of the molecule is CC(C)c1ccc(C(=O)O)c(O)c1C(C)C.O=C(O)C(Cl)(Cl)Cl. The summed E-state index contributed by atoms with van der Waals surface area (Å²) in [5, 5.41) is 26.8. The van der Waals surface area contributed by atoms with Gasteiger partial charge in [0.1, 0.15) is 11.3 Å². The van der Waals surface area contributed by atoms with Crippen molar-refractivity contribution in [1.82, 2.24) is 0 Å². The maximum Gasteiger partial charge on any atom is 0.356 e. The zero-order chi connectivity index (χ0) is 18.5. The van der Waals surface area contributed by atoms with Crippen LogP contribution in [0.5, 0.6) is 5.75 Å². The molecule has 0 aliphatic heterocycles. The van der Waals surface area contributed by atoms with Gasteiger partial charge >= 0.3 is 11.9 Å².